The quantitative estimate of drug-likeness (QED) is 0.856. The number of anilines is 1. The average molecular weight is 277 g/mol. The summed E-state index contributed by atoms with van der Waals surface area (Å²) >= 11 is 5.53. The summed E-state index contributed by atoms with van der Waals surface area (Å²) in [4.78, 5) is 4.73. The standard InChI is InChI=1S/C15H23N3S/c1-3-13-7-5-6-8-14(13)16-15(19)18-11-9-17(4-2)10-12-18/h5-8H,3-4,9-12H2,1-2H3,(H,16,19). The van der Waals surface area contributed by atoms with Gasteiger partial charge in [0.05, 0.1) is 0 Å². The van der Waals surface area contributed by atoms with Crippen LogP contribution in [0.25, 0.3) is 0 Å². The fourth-order valence-electron chi connectivity index (χ4n) is 2.41. The van der Waals surface area contributed by atoms with Crippen molar-refractivity contribution in [3.8, 4) is 0 Å². The Morgan fingerprint density at radius 1 is 1.16 bits per heavy atom. The number of aryl methyl sites for hydroxylation is 1. The van der Waals surface area contributed by atoms with Crippen molar-refractivity contribution in [2.75, 3.05) is 38.0 Å². The summed E-state index contributed by atoms with van der Waals surface area (Å²) < 4.78 is 0. The highest BCUT2D eigenvalue weighted by Crippen LogP contribution is 2.16. The molecule has 0 aliphatic carbocycles. The van der Waals surface area contributed by atoms with Crippen LogP contribution in [0.3, 0.4) is 0 Å². The van der Waals surface area contributed by atoms with Crippen molar-refractivity contribution in [2.45, 2.75) is 20.3 Å². The van der Waals surface area contributed by atoms with Crippen molar-refractivity contribution >= 4 is 23.0 Å². The topological polar surface area (TPSA) is 18.5 Å². The second kappa shape index (κ2) is 6.87. The van der Waals surface area contributed by atoms with E-state index in [4.69, 9.17) is 12.2 Å². The van der Waals surface area contributed by atoms with Gasteiger partial charge < -0.3 is 15.1 Å². The van der Waals surface area contributed by atoms with Crippen LogP contribution in [0.2, 0.25) is 0 Å². The summed E-state index contributed by atoms with van der Waals surface area (Å²) in [5, 5.41) is 4.26. The van der Waals surface area contributed by atoms with Crippen molar-refractivity contribution in [1.29, 1.82) is 0 Å². The molecule has 0 atom stereocenters. The molecule has 2 rings (SSSR count). The Kier molecular flexibility index (Phi) is 5.16. The Bertz CT molecular complexity index is 425. The molecule has 3 nitrogen and oxygen atoms in total. The summed E-state index contributed by atoms with van der Waals surface area (Å²) in [5.74, 6) is 0. The monoisotopic (exact) mass is 277 g/mol. The Morgan fingerprint density at radius 2 is 1.84 bits per heavy atom. The number of hydrogen-bond donors (Lipinski definition) is 1. The van der Waals surface area contributed by atoms with Gasteiger partial charge in [-0.2, -0.15) is 0 Å². The SMILES string of the molecule is CCc1ccccc1NC(=S)N1CCN(CC)CC1. The van der Waals surface area contributed by atoms with E-state index in [2.05, 4.69) is 53.2 Å². The first-order chi connectivity index (χ1) is 9.24. The maximum atomic E-state index is 5.53. The zero-order valence-corrected chi connectivity index (χ0v) is 12.7. The fourth-order valence-corrected chi connectivity index (χ4v) is 2.70. The van der Waals surface area contributed by atoms with Crippen molar-refractivity contribution in [1.82, 2.24) is 9.80 Å². The van der Waals surface area contributed by atoms with Gasteiger partial charge in [0, 0.05) is 31.9 Å². The second-order valence-electron chi connectivity index (χ2n) is 4.86. The Morgan fingerprint density at radius 3 is 2.47 bits per heavy atom. The molecule has 19 heavy (non-hydrogen) atoms. The van der Waals surface area contributed by atoms with Crippen molar-refractivity contribution < 1.29 is 0 Å². The number of hydrogen-bond acceptors (Lipinski definition) is 2. The number of nitrogens with zero attached hydrogens (tertiary/aromatic N) is 2. The second-order valence-corrected chi connectivity index (χ2v) is 5.25. The van der Waals surface area contributed by atoms with Gasteiger partial charge in [-0.05, 0) is 36.8 Å². The highest BCUT2D eigenvalue weighted by atomic mass is 32.1. The third-order valence-electron chi connectivity index (χ3n) is 3.75. The lowest BCUT2D eigenvalue weighted by Gasteiger charge is -2.35. The van der Waals surface area contributed by atoms with Crippen LogP contribution in [0.1, 0.15) is 19.4 Å². The number of thiocarbonyl (C=S) groups is 1. The molecule has 0 bridgehead atoms. The molecule has 0 saturated carbocycles. The molecule has 0 unspecified atom stereocenters. The Hall–Kier alpha value is -1.13. The minimum atomic E-state index is 0.858. The largest absolute Gasteiger partial charge is 0.346 e. The van der Waals surface area contributed by atoms with Gasteiger partial charge in [-0.25, -0.2) is 0 Å². The van der Waals surface area contributed by atoms with Crippen molar-refractivity contribution in [2.24, 2.45) is 0 Å². The molecular weight excluding hydrogens is 254 g/mol. The molecule has 1 aromatic carbocycles. The normalized spacial score (nSPS) is 16.4. The maximum Gasteiger partial charge on any atom is 0.173 e. The minimum absolute atomic E-state index is 0.858. The Labute approximate surface area is 121 Å². The lowest BCUT2D eigenvalue weighted by Crippen LogP contribution is -2.49. The summed E-state index contributed by atoms with van der Waals surface area (Å²) in [6, 6.07) is 8.39. The smallest absolute Gasteiger partial charge is 0.173 e. The predicted molar refractivity (Wildman–Crippen MR) is 85.7 cm³/mol. The van der Waals surface area contributed by atoms with E-state index in [1.165, 1.54) is 5.56 Å². The van der Waals surface area contributed by atoms with E-state index in [9.17, 15) is 0 Å². The van der Waals surface area contributed by atoms with Crippen molar-refractivity contribution in [3.05, 3.63) is 29.8 Å². The third-order valence-corrected chi connectivity index (χ3v) is 4.11. The van der Waals surface area contributed by atoms with Crippen LogP contribution >= 0.6 is 12.2 Å². The van der Waals surface area contributed by atoms with E-state index in [1.54, 1.807) is 0 Å². The Balaban J connectivity index is 1.94. The highest BCUT2D eigenvalue weighted by Gasteiger charge is 2.17. The average Bonchev–Trinajstić information content (AvgIpc) is 2.48. The van der Waals surface area contributed by atoms with E-state index in [-0.39, 0.29) is 0 Å². The zero-order chi connectivity index (χ0) is 13.7. The van der Waals surface area contributed by atoms with Gasteiger partial charge in [-0.3, -0.25) is 0 Å². The lowest BCUT2D eigenvalue weighted by atomic mass is 10.1. The fraction of sp³-hybridized carbons (Fsp3) is 0.533. The van der Waals surface area contributed by atoms with Crippen LogP contribution in [0.5, 0.6) is 0 Å². The molecule has 1 aliphatic rings. The van der Waals surface area contributed by atoms with Gasteiger partial charge in [-0.15, -0.1) is 0 Å². The van der Waals surface area contributed by atoms with Gasteiger partial charge in [0.1, 0.15) is 0 Å². The molecule has 1 saturated heterocycles. The van der Waals surface area contributed by atoms with Gasteiger partial charge in [0.2, 0.25) is 0 Å². The summed E-state index contributed by atoms with van der Waals surface area (Å²) in [6.07, 6.45) is 1.02. The van der Waals surface area contributed by atoms with E-state index in [1.807, 2.05) is 0 Å². The third kappa shape index (κ3) is 3.67. The lowest BCUT2D eigenvalue weighted by molar-refractivity contribution is 0.191. The minimum Gasteiger partial charge on any atom is -0.346 e. The summed E-state index contributed by atoms with van der Waals surface area (Å²) in [6.45, 7) is 9.77. The number of likely N-dealkylation sites (N-methyl/N-ethyl adjacent to an activating group) is 1. The molecule has 0 aromatic heterocycles. The first-order valence-corrected chi connectivity index (χ1v) is 7.51. The first-order valence-electron chi connectivity index (χ1n) is 7.10. The summed E-state index contributed by atoms with van der Waals surface area (Å²) in [5.41, 5.74) is 2.46. The van der Waals surface area contributed by atoms with Crippen LogP contribution in [0.4, 0.5) is 5.69 Å². The number of para-hydroxylation sites is 1. The maximum absolute atomic E-state index is 5.53. The van der Waals surface area contributed by atoms with Gasteiger partial charge in [0.15, 0.2) is 5.11 Å². The van der Waals surface area contributed by atoms with Gasteiger partial charge in [0.25, 0.3) is 0 Å². The molecule has 1 aromatic rings. The molecule has 104 valence electrons. The number of piperazine rings is 1. The number of rotatable bonds is 3. The highest BCUT2D eigenvalue weighted by molar-refractivity contribution is 7.80. The molecular formula is C15H23N3S. The van der Waals surface area contributed by atoms with E-state index >= 15 is 0 Å². The van der Waals surface area contributed by atoms with Crippen LogP contribution < -0.4 is 5.32 Å². The number of benzene rings is 1. The van der Waals surface area contributed by atoms with E-state index < -0.39 is 0 Å². The molecule has 1 heterocycles. The van der Waals surface area contributed by atoms with Crippen LogP contribution in [-0.2, 0) is 6.42 Å². The summed E-state index contributed by atoms with van der Waals surface area (Å²) in [7, 11) is 0. The van der Waals surface area contributed by atoms with E-state index in [0.29, 0.717) is 0 Å². The zero-order valence-electron chi connectivity index (χ0n) is 11.9. The van der Waals surface area contributed by atoms with Crippen LogP contribution in [0.15, 0.2) is 24.3 Å². The molecule has 4 heteroatoms. The first kappa shape index (κ1) is 14.3. The molecule has 1 N–H and O–H groups in total. The van der Waals surface area contributed by atoms with Crippen LogP contribution in [0, 0.1) is 0 Å². The number of nitrogens with one attached hydrogen (secondary N) is 1. The molecule has 0 spiro atoms. The molecule has 1 aliphatic heterocycles. The van der Waals surface area contributed by atoms with E-state index in [0.717, 1.165) is 49.9 Å². The predicted octanol–water partition coefficient (Wildman–Crippen LogP) is 2.58. The van der Waals surface area contributed by atoms with Crippen LogP contribution in [-0.4, -0.2) is 47.6 Å². The van der Waals surface area contributed by atoms with Gasteiger partial charge in [-0.1, -0.05) is 32.0 Å². The van der Waals surface area contributed by atoms with Gasteiger partial charge >= 0.3 is 0 Å². The van der Waals surface area contributed by atoms with Crippen molar-refractivity contribution in [3.63, 3.8) is 0 Å². The molecule has 1 fully saturated rings. The molecule has 0 amide bonds. The molecule has 0 radical (unpaired) electrons.